The summed E-state index contributed by atoms with van der Waals surface area (Å²) in [5.74, 6) is 0. The van der Waals surface area contributed by atoms with Gasteiger partial charge in [-0.25, -0.2) is 4.98 Å². The smallest absolute Gasteiger partial charge is 0.174 e. The van der Waals surface area contributed by atoms with Crippen molar-refractivity contribution >= 4 is 22.5 Å². The van der Waals surface area contributed by atoms with E-state index in [2.05, 4.69) is 39.4 Å². The van der Waals surface area contributed by atoms with Crippen LogP contribution in [0.25, 0.3) is 22.0 Å². The van der Waals surface area contributed by atoms with Crippen molar-refractivity contribution in [3.05, 3.63) is 67.0 Å². The van der Waals surface area contributed by atoms with Crippen LogP contribution in [-0.2, 0) is 7.05 Å². The van der Waals surface area contributed by atoms with Crippen LogP contribution in [-0.4, -0.2) is 19.7 Å². The fraction of sp³-hybridized carbons (Fsp3) is 0.0556. The summed E-state index contributed by atoms with van der Waals surface area (Å²) in [5.41, 5.74) is 1.98. The second kappa shape index (κ2) is 5.85. The van der Waals surface area contributed by atoms with Gasteiger partial charge in [0.2, 0.25) is 0 Å². The second-order valence-electron chi connectivity index (χ2n) is 5.19. The van der Waals surface area contributed by atoms with Crippen LogP contribution in [0.4, 0.5) is 0 Å². The first-order valence-electron chi connectivity index (χ1n) is 7.29. The van der Waals surface area contributed by atoms with Crippen molar-refractivity contribution in [2.45, 2.75) is 10.2 Å². The molecule has 0 fully saturated rings. The molecular formula is C18H14N4S. The average molecular weight is 318 g/mol. The lowest BCUT2D eigenvalue weighted by molar-refractivity contribution is 0.787. The van der Waals surface area contributed by atoms with Gasteiger partial charge in [0.1, 0.15) is 10.7 Å². The predicted molar refractivity (Wildman–Crippen MR) is 92.3 cm³/mol. The Morgan fingerprint density at radius 2 is 1.61 bits per heavy atom. The number of imidazole rings is 1. The highest BCUT2D eigenvalue weighted by Crippen LogP contribution is 2.34. The maximum Gasteiger partial charge on any atom is 0.174 e. The molecule has 0 bridgehead atoms. The average Bonchev–Trinajstić information content (AvgIpc) is 3.01. The van der Waals surface area contributed by atoms with E-state index in [0.717, 1.165) is 32.2 Å². The minimum atomic E-state index is 0.870. The molecule has 23 heavy (non-hydrogen) atoms. The molecule has 4 nitrogen and oxygen atoms in total. The molecule has 0 radical (unpaired) electrons. The number of fused-ring (bicyclic) bond motifs is 1. The van der Waals surface area contributed by atoms with E-state index in [-0.39, 0.29) is 0 Å². The molecule has 2 aromatic carbocycles. The zero-order valence-corrected chi connectivity index (χ0v) is 13.4. The fourth-order valence-electron chi connectivity index (χ4n) is 2.50. The summed E-state index contributed by atoms with van der Waals surface area (Å²) in [5, 5.41) is 12.9. The summed E-state index contributed by atoms with van der Waals surface area (Å²) in [6.45, 7) is 0. The van der Waals surface area contributed by atoms with Crippen molar-refractivity contribution in [3.8, 4) is 11.3 Å². The van der Waals surface area contributed by atoms with E-state index in [1.54, 1.807) is 6.20 Å². The van der Waals surface area contributed by atoms with E-state index >= 15 is 0 Å². The maximum atomic E-state index is 4.48. The molecule has 0 spiro atoms. The van der Waals surface area contributed by atoms with Gasteiger partial charge in [-0.3, -0.25) is 0 Å². The first kappa shape index (κ1) is 14.0. The zero-order valence-electron chi connectivity index (χ0n) is 12.5. The molecule has 2 aromatic heterocycles. The molecule has 112 valence electrons. The van der Waals surface area contributed by atoms with E-state index in [0.29, 0.717) is 0 Å². The molecule has 0 aliphatic heterocycles. The Morgan fingerprint density at radius 1 is 0.870 bits per heavy atom. The number of aromatic nitrogens is 4. The third-order valence-corrected chi connectivity index (χ3v) is 4.74. The van der Waals surface area contributed by atoms with Crippen LogP contribution in [0, 0.1) is 0 Å². The summed E-state index contributed by atoms with van der Waals surface area (Å²) in [6.07, 6.45) is 3.71. The first-order chi connectivity index (χ1) is 11.3. The van der Waals surface area contributed by atoms with Crippen molar-refractivity contribution in [2.24, 2.45) is 7.05 Å². The van der Waals surface area contributed by atoms with E-state index < -0.39 is 0 Å². The zero-order chi connectivity index (χ0) is 15.6. The van der Waals surface area contributed by atoms with Crippen LogP contribution in [0.5, 0.6) is 0 Å². The van der Waals surface area contributed by atoms with Gasteiger partial charge >= 0.3 is 0 Å². The highest BCUT2D eigenvalue weighted by Gasteiger charge is 2.13. The van der Waals surface area contributed by atoms with Crippen LogP contribution < -0.4 is 0 Å². The monoisotopic (exact) mass is 318 g/mol. The van der Waals surface area contributed by atoms with Gasteiger partial charge in [0.05, 0.1) is 0 Å². The molecule has 0 amide bonds. The van der Waals surface area contributed by atoms with Crippen molar-refractivity contribution in [3.63, 3.8) is 0 Å². The van der Waals surface area contributed by atoms with E-state index in [1.807, 2.05) is 48.1 Å². The SMILES string of the molecule is Cn1ccnc1Sc1nnc(-c2ccccc2)c2ccccc12. The van der Waals surface area contributed by atoms with Gasteiger partial charge in [0.15, 0.2) is 5.16 Å². The van der Waals surface area contributed by atoms with Gasteiger partial charge in [-0.2, -0.15) is 0 Å². The Balaban J connectivity index is 1.87. The Morgan fingerprint density at radius 3 is 2.35 bits per heavy atom. The van der Waals surface area contributed by atoms with Crippen LogP contribution in [0.3, 0.4) is 0 Å². The predicted octanol–water partition coefficient (Wildman–Crippen LogP) is 4.18. The molecule has 0 unspecified atom stereocenters. The lowest BCUT2D eigenvalue weighted by Gasteiger charge is -2.09. The highest BCUT2D eigenvalue weighted by atomic mass is 32.2. The summed E-state index contributed by atoms with van der Waals surface area (Å²) in [6, 6.07) is 18.4. The summed E-state index contributed by atoms with van der Waals surface area (Å²) in [4.78, 5) is 4.36. The molecule has 0 atom stereocenters. The van der Waals surface area contributed by atoms with Crippen LogP contribution in [0.15, 0.2) is 77.2 Å². The topological polar surface area (TPSA) is 43.6 Å². The Kier molecular flexibility index (Phi) is 3.55. The highest BCUT2D eigenvalue weighted by molar-refractivity contribution is 7.99. The van der Waals surface area contributed by atoms with Crippen LogP contribution >= 0.6 is 11.8 Å². The molecule has 0 N–H and O–H groups in total. The third kappa shape index (κ3) is 2.59. The molecule has 0 aliphatic rings. The van der Waals surface area contributed by atoms with Crippen molar-refractivity contribution in [2.75, 3.05) is 0 Å². The minimum absolute atomic E-state index is 0.870. The van der Waals surface area contributed by atoms with Gasteiger partial charge in [0.25, 0.3) is 0 Å². The van der Waals surface area contributed by atoms with E-state index in [1.165, 1.54) is 11.8 Å². The molecule has 0 saturated heterocycles. The largest absolute Gasteiger partial charge is 0.329 e. The Bertz CT molecular complexity index is 963. The van der Waals surface area contributed by atoms with Gasteiger partial charge in [-0.15, -0.1) is 10.2 Å². The molecule has 2 heterocycles. The second-order valence-corrected chi connectivity index (χ2v) is 6.14. The first-order valence-corrected chi connectivity index (χ1v) is 8.10. The van der Waals surface area contributed by atoms with Crippen molar-refractivity contribution < 1.29 is 0 Å². The van der Waals surface area contributed by atoms with E-state index in [9.17, 15) is 0 Å². The van der Waals surface area contributed by atoms with Gasteiger partial charge in [-0.1, -0.05) is 54.6 Å². The van der Waals surface area contributed by atoms with Gasteiger partial charge in [0, 0.05) is 35.8 Å². The molecule has 4 aromatic rings. The molecular weight excluding hydrogens is 304 g/mol. The molecule has 0 saturated carbocycles. The normalized spacial score (nSPS) is 11.0. The maximum absolute atomic E-state index is 4.48. The summed E-state index contributed by atoms with van der Waals surface area (Å²) < 4.78 is 1.98. The quantitative estimate of drug-likeness (QED) is 0.568. The number of nitrogens with zero attached hydrogens (tertiary/aromatic N) is 4. The molecule has 0 aliphatic carbocycles. The summed E-state index contributed by atoms with van der Waals surface area (Å²) >= 11 is 1.53. The van der Waals surface area contributed by atoms with Crippen molar-refractivity contribution in [1.82, 2.24) is 19.7 Å². The fourth-order valence-corrected chi connectivity index (χ4v) is 3.36. The Labute approximate surface area is 138 Å². The Hall–Kier alpha value is -2.66. The van der Waals surface area contributed by atoms with Gasteiger partial charge < -0.3 is 4.57 Å². The van der Waals surface area contributed by atoms with E-state index in [4.69, 9.17) is 0 Å². The molecule has 5 heteroatoms. The van der Waals surface area contributed by atoms with Gasteiger partial charge in [-0.05, 0) is 11.8 Å². The standard InChI is InChI=1S/C18H14N4S/c1-22-12-11-19-18(22)23-17-15-10-6-5-9-14(15)16(20-21-17)13-7-3-2-4-8-13/h2-12H,1H3. The van der Waals surface area contributed by atoms with Crippen LogP contribution in [0.2, 0.25) is 0 Å². The minimum Gasteiger partial charge on any atom is -0.329 e. The lowest BCUT2D eigenvalue weighted by Crippen LogP contribution is -1.95. The number of benzene rings is 2. The number of rotatable bonds is 3. The third-order valence-electron chi connectivity index (χ3n) is 3.67. The number of hydrogen-bond acceptors (Lipinski definition) is 4. The van der Waals surface area contributed by atoms with Crippen molar-refractivity contribution in [1.29, 1.82) is 0 Å². The van der Waals surface area contributed by atoms with Crippen LogP contribution in [0.1, 0.15) is 0 Å². The number of aryl methyl sites for hydroxylation is 1. The molecule has 4 rings (SSSR count). The summed E-state index contributed by atoms with van der Waals surface area (Å²) in [7, 11) is 1.98. The lowest BCUT2D eigenvalue weighted by atomic mass is 10.1. The number of hydrogen-bond donors (Lipinski definition) is 0.